The first-order chi connectivity index (χ1) is 8.72. The number of carbonyl (C=O) groups is 1. The predicted octanol–water partition coefficient (Wildman–Crippen LogP) is 0.595. The lowest BCUT2D eigenvalue weighted by Crippen LogP contribution is -2.45. The summed E-state index contributed by atoms with van der Waals surface area (Å²) in [7, 11) is 0. The average molecular weight is 272 g/mol. The fraction of sp³-hybridized carbons (Fsp3) is 0.833. The molecule has 1 amide bonds. The normalized spacial score (nSPS) is 18.4. The maximum atomic E-state index is 10.7. The van der Waals surface area contributed by atoms with Gasteiger partial charge in [-0.2, -0.15) is 5.26 Å². The van der Waals surface area contributed by atoms with E-state index in [1.807, 2.05) is 4.90 Å². The number of piperidine rings is 1. The number of nitriles is 1. The van der Waals surface area contributed by atoms with Crippen LogP contribution in [0.25, 0.3) is 0 Å². The van der Waals surface area contributed by atoms with Gasteiger partial charge >= 0.3 is 0 Å². The lowest BCUT2D eigenvalue weighted by atomic mass is 10.2. The molecule has 0 aromatic heterocycles. The molecular formula is C12H24N4OS. The van der Waals surface area contributed by atoms with Gasteiger partial charge in [0.15, 0.2) is 0 Å². The maximum absolute atomic E-state index is 10.7. The smallest absolute Gasteiger partial charge is 0.219 e. The Morgan fingerprint density at radius 3 is 1.78 bits per heavy atom. The Balaban J connectivity index is 0.000000278. The number of rotatable bonds is 0. The van der Waals surface area contributed by atoms with Crippen molar-refractivity contribution in [1.29, 1.82) is 5.26 Å². The highest BCUT2D eigenvalue weighted by atomic mass is 32.1. The van der Waals surface area contributed by atoms with Gasteiger partial charge in [0.25, 0.3) is 0 Å². The van der Waals surface area contributed by atoms with Crippen LogP contribution >= 0.6 is 12.6 Å². The van der Waals surface area contributed by atoms with Crippen LogP contribution in [0.3, 0.4) is 0 Å². The molecule has 2 heterocycles. The lowest BCUT2D eigenvalue weighted by Gasteiger charge is -2.25. The molecule has 0 saturated carbocycles. The van der Waals surface area contributed by atoms with Crippen molar-refractivity contribution < 1.29 is 4.79 Å². The van der Waals surface area contributed by atoms with Crippen LogP contribution in [-0.2, 0) is 4.79 Å². The van der Waals surface area contributed by atoms with Crippen LogP contribution < -0.4 is 10.6 Å². The zero-order chi connectivity index (χ0) is 13.6. The second-order valence-electron chi connectivity index (χ2n) is 4.17. The Kier molecular flexibility index (Phi) is 12.1. The highest BCUT2D eigenvalue weighted by Gasteiger charge is 2.10. The molecule has 104 valence electrons. The molecule has 0 aromatic rings. The molecule has 0 spiro atoms. The van der Waals surface area contributed by atoms with Gasteiger partial charge in [0.2, 0.25) is 5.91 Å². The quantitative estimate of drug-likeness (QED) is 0.446. The summed E-state index contributed by atoms with van der Waals surface area (Å²) < 4.78 is 0. The standard InChI is InChI=1S/C6H12N2O.C5H11N.CHNS/c1-6(9)8-4-2-7-3-5-8;1-2-4-6-5-3-1;2-1-3/h7H,2-5H2,1H3;6H,1-5H2;3H. The monoisotopic (exact) mass is 272 g/mol. The Hall–Kier alpha value is -0.770. The van der Waals surface area contributed by atoms with Crippen LogP contribution in [0, 0.1) is 10.7 Å². The predicted molar refractivity (Wildman–Crippen MR) is 76.4 cm³/mol. The van der Waals surface area contributed by atoms with Crippen molar-refractivity contribution in [3.05, 3.63) is 0 Å². The summed E-state index contributed by atoms with van der Waals surface area (Å²) in [6.07, 6.45) is 4.22. The van der Waals surface area contributed by atoms with Gasteiger partial charge in [0.05, 0.1) is 0 Å². The van der Waals surface area contributed by atoms with E-state index in [9.17, 15) is 4.79 Å². The van der Waals surface area contributed by atoms with E-state index < -0.39 is 0 Å². The number of thiol groups is 1. The summed E-state index contributed by atoms with van der Waals surface area (Å²) in [5.74, 6) is 0.191. The van der Waals surface area contributed by atoms with E-state index in [1.165, 1.54) is 37.8 Å². The van der Waals surface area contributed by atoms with Crippen molar-refractivity contribution in [2.24, 2.45) is 0 Å². The zero-order valence-corrected chi connectivity index (χ0v) is 12.0. The van der Waals surface area contributed by atoms with Gasteiger partial charge in [-0.1, -0.05) is 19.0 Å². The van der Waals surface area contributed by atoms with E-state index in [1.54, 1.807) is 6.92 Å². The Bertz CT molecular complexity index is 233. The molecule has 2 N–H and O–H groups in total. The third kappa shape index (κ3) is 10.4. The first kappa shape index (κ1) is 17.2. The van der Waals surface area contributed by atoms with E-state index in [0.717, 1.165) is 26.2 Å². The molecule has 0 bridgehead atoms. The number of nitrogens with zero attached hydrogens (tertiary/aromatic N) is 2. The van der Waals surface area contributed by atoms with E-state index in [2.05, 4.69) is 23.3 Å². The van der Waals surface area contributed by atoms with Crippen LogP contribution in [0.15, 0.2) is 0 Å². The average Bonchev–Trinajstić information content (AvgIpc) is 2.43. The minimum Gasteiger partial charge on any atom is -0.340 e. The number of thiocyanates is 1. The molecule has 0 unspecified atom stereocenters. The van der Waals surface area contributed by atoms with Crippen LogP contribution in [0.1, 0.15) is 26.2 Å². The molecule has 2 aliphatic heterocycles. The number of amides is 1. The summed E-state index contributed by atoms with van der Waals surface area (Å²) >= 11 is 3.09. The molecule has 2 aliphatic rings. The topological polar surface area (TPSA) is 68.2 Å². The Labute approximate surface area is 115 Å². The number of piperazine rings is 1. The molecule has 0 aliphatic carbocycles. The molecule has 0 atom stereocenters. The van der Waals surface area contributed by atoms with Gasteiger partial charge in [-0.25, -0.2) is 0 Å². The highest BCUT2D eigenvalue weighted by molar-refractivity contribution is 7.85. The first-order valence-corrected chi connectivity index (χ1v) is 6.87. The fourth-order valence-corrected chi connectivity index (χ4v) is 1.78. The van der Waals surface area contributed by atoms with Gasteiger partial charge in [-0.3, -0.25) is 4.79 Å². The van der Waals surface area contributed by atoms with Crippen molar-refractivity contribution >= 4 is 18.5 Å². The molecule has 2 fully saturated rings. The van der Waals surface area contributed by atoms with Gasteiger partial charge in [0, 0.05) is 33.1 Å². The summed E-state index contributed by atoms with van der Waals surface area (Å²) in [6, 6.07) is 0. The van der Waals surface area contributed by atoms with Crippen molar-refractivity contribution in [2.75, 3.05) is 39.3 Å². The molecular weight excluding hydrogens is 248 g/mol. The molecule has 6 heteroatoms. The maximum Gasteiger partial charge on any atom is 0.219 e. The van der Waals surface area contributed by atoms with E-state index >= 15 is 0 Å². The lowest BCUT2D eigenvalue weighted by molar-refractivity contribution is -0.129. The van der Waals surface area contributed by atoms with Crippen LogP contribution in [0.2, 0.25) is 0 Å². The number of nitrogens with one attached hydrogen (secondary N) is 2. The third-order valence-corrected chi connectivity index (χ3v) is 2.77. The minimum absolute atomic E-state index is 0.191. The highest BCUT2D eigenvalue weighted by Crippen LogP contribution is 1.96. The zero-order valence-electron chi connectivity index (χ0n) is 11.1. The second-order valence-corrected chi connectivity index (χ2v) is 4.37. The number of hydrogen-bond donors (Lipinski definition) is 3. The first-order valence-electron chi connectivity index (χ1n) is 6.42. The molecule has 2 rings (SSSR count). The SMILES string of the molecule is C1CCNCC1.CC(=O)N1CCNCC1.N#CS. The summed E-state index contributed by atoms with van der Waals surface area (Å²) in [5.41, 5.74) is 0. The van der Waals surface area contributed by atoms with Crippen LogP contribution in [0.5, 0.6) is 0 Å². The van der Waals surface area contributed by atoms with Gasteiger partial charge < -0.3 is 15.5 Å². The van der Waals surface area contributed by atoms with Crippen LogP contribution in [0.4, 0.5) is 0 Å². The minimum atomic E-state index is 0.191. The summed E-state index contributed by atoms with van der Waals surface area (Å²) in [5, 5.41) is 15.1. The number of hydrogen-bond acceptors (Lipinski definition) is 5. The van der Waals surface area contributed by atoms with Crippen molar-refractivity contribution in [2.45, 2.75) is 26.2 Å². The molecule has 0 radical (unpaired) electrons. The summed E-state index contributed by atoms with van der Waals surface area (Å²) in [6.45, 7) is 7.75. The Morgan fingerprint density at radius 1 is 1.11 bits per heavy atom. The van der Waals surface area contributed by atoms with Gasteiger partial charge in [0.1, 0.15) is 5.40 Å². The van der Waals surface area contributed by atoms with Crippen molar-refractivity contribution in [3.63, 3.8) is 0 Å². The second kappa shape index (κ2) is 12.7. The third-order valence-electron chi connectivity index (χ3n) is 2.77. The van der Waals surface area contributed by atoms with Crippen molar-refractivity contribution in [1.82, 2.24) is 15.5 Å². The molecule has 2 saturated heterocycles. The van der Waals surface area contributed by atoms with Gasteiger partial charge in [-0.05, 0) is 25.9 Å². The molecule has 18 heavy (non-hydrogen) atoms. The molecule has 0 aromatic carbocycles. The molecule has 5 nitrogen and oxygen atoms in total. The number of carbonyl (C=O) groups excluding carboxylic acids is 1. The van der Waals surface area contributed by atoms with E-state index in [4.69, 9.17) is 5.26 Å². The van der Waals surface area contributed by atoms with Crippen molar-refractivity contribution in [3.8, 4) is 5.40 Å². The largest absolute Gasteiger partial charge is 0.340 e. The van der Waals surface area contributed by atoms with E-state index in [-0.39, 0.29) is 5.91 Å². The van der Waals surface area contributed by atoms with E-state index in [0.29, 0.717) is 0 Å². The van der Waals surface area contributed by atoms with Crippen LogP contribution in [-0.4, -0.2) is 50.1 Å². The summed E-state index contributed by atoms with van der Waals surface area (Å²) in [4.78, 5) is 12.6. The van der Waals surface area contributed by atoms with Gasteiger partial charge in [-0.15, -0.1) is 0 Å². The Morgan fingerprint density at radius 2 is 1.56 bits per heavy atom. The fourth-order valence-electron chi connectivity index (χ4n) is 1.78.